The first-order valence-corrected chi connectivity index (χ1v) is 5.38. The lowest BCUT2D eigenvalue weighted by Gasteiger charge is -2.31. The van der Waals surface area contributed by atoms with Crippen molar-refractivity contribution in [3.63, 3.8) is 0 Å². The lowest BCUT2D eigenvalue weighted by atomic mass is 10.0. The Balaban J connectivity index is 2.89. The number of nitrogens with two attached hydrogens (primary N) is 1. The van der Waals surface area contributed by atoms with E-state index in [0.717, 1.165) is 5.56 Å². The summed E-state index contributed by atoms with van der Waals surface area (Å²) < 4.78 is 13.1. The van der Waals surface area contributed by atoms with Crippen molar-refractivity contribution >= 4 is 0 Å². The van der Waals surface area contributed by atoms with Gasteiger partial charge in [-0.2, -0.15) is 0 Å². The second kappa shape index (κ2) is 5.94. The Kier molecular flexibility index (Phi) is 4.86. The van der Waals surface area contributed by atoms with Crippen LogP contribution in [0.5, 0.6) is 0 Å². The molecule has 0 bridgehead atoms. The topological polar surface area (TPSA) is 49.5 Å². The van der Waals surface area contributed by atoms with Crippen LogP contribution < -0.4 is 5.73 Å². The summed E-state index contributed by atoms with van der Waals surface area (Å²) in [5, 5.41) is 9.09. The highest BCUT2D eigenvalue weighted by Crippen LogP contribution is 2.20. The van der Waals surface area contributed by atoms with Crippen LogP contribution in [0, 0.1) is 5.82 Å². The van der Waals surface area contributed by atoms with E-state index in [1.165, 1.54) is 12.1 Å². The van der Waals surface area contributed by atoms with Gasteiger partial charge in [0.25, 0.3) is 0 Å². The summed E-state index contributed by atoms with van der Waals surface area (Å²) in [6, 6.07) is 6.34. The molecular formula is C12H19FN2O. The zero-order valence-corrected chi connectivity index (χ0v) is 9.73. The molecule has 0 spiro atoms. The molecular weight excluding hydrogens is 207 g/mol. The lowest BCUT2D eigenvalue weighted by Crippen LogP contribution is -2.38. The summed E-state index contributed by atoms with van der Waals surface area (Å²) in [6.07, 6.45) is 0. The lowest BCUT2D eigenvalue weighted by molar-refractivity contribution is 0.122. The molecule has 0 fully saturated rings. The van der Waals surface area contributed by atoms with Crippen LogP contribution >= 0.6 is 0 Å². The molecule has 3 nitrogen and oxygen atoms in total. The first kappa shape index (κ1) is 13.1. The smallest absolute Gasteiger partial charge is 0.123 e. The van der Waals surface area contributed by atoms with E-state index >= 15 is 0 Å². The number of likely N-dealkylation sites (N-methyl/N-ethyl adjacent to an activating group) is 1. The second-order valence-corrected chi connectivity index (χ2v) is 4.00. The third-order valence-electron chi connectivity index (χ3n) is 2.91. The molecule has 0 saturated heterocycles. The molecule has 1 aromatic carbocycles. The van der Waals surface area contributed by atoms with Crippen LogP contribution in [-0.4, -0.2) is 36.2 Å². The third kappa shape index (κ3) is 3.01. The Bertz CT molecular complexity index is 333. The number of aliphatic hydroxyl groups excluding tert-OH is 1. The van der Waals surface area contributed by atoms with Crippen molar-refractivity contribution in [2.45, 2.75) is 19.0 Å². The predicted octanol–water partition coefficient (Wildman–Crippen LogP) is 1.14. The molecule has 4 heteroatoms. The molecule has 0 aliphatic carbocycles. The normalized spacial score (nSPS) is 15.1. The van der Waals surface area contributed by atoms with Crippen molar-refractivity contribution in [1.82, 2.24) is 4.90 Å². The van der Waals surface area contributed by atoms with Gasteiger partial charge in [0.15, 0.2) is 0 Å². The van der Waals surface area contributed by atoms with Crippen LogP contribution in [0.15, 0.2) is 24.3 Å². The van der Waals surface area contributed by atoms with Gasteiger partial charge in [0.1, 0.15) is 5.82 Å². The average molecular weight is 226 g/mol. The van der Waals surface area contributed by atoms with E-state index in [1.807, 2.05) is 24.9 Å². The SMILES string of the molecule is CC(CO)N(C)C(CN)c1cccc(F)c1. The first-order valence-electron chi connectivity index (χ1n) is 5.38. The Hall–Kier alpha value is -0.970. The highest BCUT2D eigenvalue weighted by atomic mass is 19.1. The minimum absolute atomic E-state index is 0.00295. The largest absolute Gasteiger partial charge is 0.395 e. The molecule has 0 saturated carbocycles. The van der Waals surface area contributed by atoms with Crippen molar-refractivity contribution in [3.05, 3.63) is 35.6 Å². The molecule has 0 heterocycles. The number of hydrogen-bond acceptors (Lipinski definition) is 3. The summed E-state index contributed by atoms with van der Waals surface area (Å²) in [4.78, 5) is 1.95. The Labute approximate surface area is 95.7 Å². The number of aliphatic hydroxyl groups is 1. The molecule has 90 valence electrons. The number of benzene rings is 1. The van der Waals surface area contributed by atoms with Crippen LogP contribution in [0.3, 0.4) is 0 Å². The van der Waals surface area contributed by atoms with Crippen molar-refractivity contribution < 1.29 is 9.50 Å². The van der Waals surface area contributed by atoms with Gasteiger partial charge in [-0.15, -0.1) is 0 Å². The Morgan fingerprint density at radius 1 is 1.50 bits per heavy atom. The zero-order chi connectivity index (χ0) is 12.1. The molecule has 2 unspecified atom stereocenters. The quantitative estimate of drug-likeness (QED) is 0.791. The summed E-state index contributed by atoms with van der Waals surface area (Å²) in [6.45, 7) is 2.36. The van der Waals surface area contributed by atoms with Gasteiger partial charge in [-0.3, -0.25) is 4.90 Å². The van der Waals surface area contributed by atoms with E-state index in [0.29, 0.717) is 6.54 Å². The van der Waals surface area contributed by atoms with Crippen molar-refractivity contribution in [1.29, 1.82) is 0 Å². The predicted molar refractivity (Wildman–Crippen MR) is 62.5 cm³/mol. The van der Waals surface area contributed by atoms with Crippen LogP contribution in [0.2, 0.25) is 0 Å². The van der Waals surface area contributed by atoms with Gasteiger partial charge in [0.05, 0.1) is 6.61 Å². The van der Waals surface area contributed by atoms with Crippen LogP contribution in [0.4, 0.5) is 4.39 Å². The molecule has 0 radical (unpaired) electrons. The maximum absolute atomic E-state index is 13.1. The zero-order valence-electron chi connectivity index (χ0n) is 9.73. The number of rotatable bonds is 5. The number of halogens is 1. The van der Waals surface area contributed by atoms with E-state index in [-0.39, 0.29) is 24.5 Å². The molecule has 0 amide bonds. The molecule has 0 aliphatic rings. The molecule has 16 heavy (non-hydrogen) atoms. The Morgan fingerprint density at radius 2 is 2.19 bits per heavy atom. The fourth-order valence-electron chi connectivity index (χ4n) is 1.69. The van der Waals surface area contributed by atoms with Gasteiger partial charge in [0.2, 0.25) is 0 Å². The van der Waals surface area contributed by atoms with Crippen LogP contribution in [-0.2, 0) is 0 Å². The van der Waals surface area contributed by atoms with Crippen molar-refractivity contribution in [3.8, 4) is 0 Å². The van der Waals surface area contributed by atoms with E-state index in [2.05, 4.69) is 0 Å². The first-order chi connectivity index (χ1) is 7.60. The van der Waals surface area contributed by atoms with Gasteiger partial charge in [-0.1, -0.05) is 12.1 Å². The minimum atomic E-state index is -0.263. The molecule has 0 aromatic heterocycles. The summed E-state index contributed by atoms with van der Waals surface area (Å²) in [7, 11) is 1.88. The maximum atomic E-state index is 13.1. The Morgan fingerprint density at radius 3 is 2.69 bits per heavy atom. The number of hydrogen-bond donors (Lipinski definition) is 2. The summed E-state index contributed by atoms with van der Waals surface area (Å²) >= 11 is 0. The highest BCUT2D eigenvalue weighted by Gasteiger charge is 2.19. The third-order valence-corrected chi connectivity index (χ3v) is 2.91. The van der Waals surface area contributed by atoms with Gasteiger partial charge in [-0.25, -0.2) is 4.39 Å². The highest BCUT2D eigenvalue weighted by molar-refractivity contribution is 5.20. The van der Waals surface area contributed by atoms with Crippen molar-refractivity contribution in [2.75, 3.05) is 20.2 Å². The molecule has 2 atom stereocenters. The van der Waals surface area contributed by atoms with Crippen LogP contribution in [0.1, 0.15) is 18.5 Å². The van der Waals surface area contributed by atoms with E-state index in [4.69, 9.17) is 10.8 Å². The molecule has 1 rings (SSSR count). The van der Waals surface area contributed by atoms with E-state index < -0.39 is 0 Å². The van der Waals surface area contributed by atoms with Gasteiger partial charge >= 0.3 is 0 Å². The van der Waals surface area contributed by atoms with Gasteiger partial charge < -0.3 is 10.8 Å². The van der Waals surface area contributed by atoms with Gasteiger partial charge in [0, 0.05) is 18.6 Å². The maximum Gasteiger partial charge on any atom is 0.123 e. The average Bonchev–Trinajstić information content (AvgIpc) is 2.29. The molecule has 3 N–H and O–H groups in total. The van der Waals surface area contributed by atoms with E-state index in [9.17, 15) is 4.39 Å². The monoisotopic (exact) mass is 226 g/mol. The van der Waals surface area contributed by atoms with E-state index in [1.54, 1.807) is 6.07 Å². The fourth-order valence-corrected chi connectivity index (χ4v) is 1.69. The number of nitrogens with zero attached hydrogens (tertiary/aromatic N) is 1. The second-order valence-electron chi connectivity index (χ2n) is 4.00. The summed E-state index contributed by atoms with van der Waals surface area (Å²) in [5.74, 6) is -0.263. The fraction of sp³-hybridized carbons (Fsp3) is 0.500. The molecule has 1 aromatic rings. The minimum Gasteiger partial charge on any atom is -0.395 e. The molecule has 0 aliphatic heterocycles. The van der Waals surface area contributed by atoms with Crippen molar-refractivity contribution in [2.24, 2.45) is 5.73 Å². The summed E-state index contributed by atoms with van der Waals surface area (Å²) in [5.41, 5.74) is 6.54. The van der Waals surface area contributed by atoms with Gasteiger partial charge in [-0.05, 0) is 31.7 Å². The standard InChI is InChI=1S/C12H19FN2O/c1-9(8-16)15(2)12(7-14)10-4-3-5-11(13)6-10/h3-6,9,12,16H,7-8,14H2,1-2H3. The van der Waals surface area contributed by atoms with Crippen LogP contribution in [0.25, 0.3) is 0 Å².